The summed E-state index contributed by atoms with van der Waals surface area (Å²) in [6.07, 6.45) is 0. The van der Waals surface area contributed by atoms with Crippen molar-refractivity contribution in [3.05, 3.63) is 84.9 Å². The van der Waals surface area contributed by atoms with Crippen molar-refractivity contribution in [1.29, 1.82) is 0 Å². The lowest BCUT2D eigenvalue weighted by atomic mass is 10.1. The largest absolute Gasteiger partial charge is 0.453 e. The lowest BCUT2D eigenvalue weighted by Gasteiger charge is -1.96. The van der Waals surface area contributed by atoms with E-state index in [0.29, 0.717) is 0 Å². The molecule has 0 spiro atoms. The molecule has 0 unspecified atom stereocenters. The summed E-state index contributed by atoms with van der Waals surface area (Å²) in [7, 11) is 0. The van der Waals surface area contributed by atoms with Crippen molar-refractivity contribution in [2.45, 2.75) is 0 Å². The number of fused-ring (bicyclic) bond motifs is 4. The quantitative estimate of drug-likeness (QED) is 0.319. The molecule has 4 aromatic carbocycles. The van der Waals surface area contributed by atoms with Gasteiger partial charge in [0.25, 0.3) is 0 Å². The molecule has 0 N–H and O–H groups in total. The predicted octanol–water partition coefficient (Wildman–Crippen LogP) is 7.15. The number of hydrogen-bond acceptors (Lipinski definition) is 2. The van der Waals surface area contributed by atoms with Gasteiger partial charge >= 0.3 is 0 Å². The van der Waals surface area contributed by atoms with Crippen LogP contribution < -0.4 is 0 Å². The second kappa shape index (κ2) is 4.99. The number of benzene rings is 4. The predicted molar refractivity (Wildman–Crippen MR) is 106 cm³/mol. The van der Waals surface area contributed by atoms with Crippen molar-refractivity contribution in [1.82, 2.24) is 0 Å². The minimum atomic E-state index is 0.760. The Labute approximate surface area is 149 Å². The summed E-state index contributed by atoms with van der Waals surface area (Å²) in [6.45, 7) is 0. The van der Waals surface area contributed by atoms with Gasteiger partial charge < -0.3 is 8.83 Å². The van der Waals surface area contributed by atoms with E-state index in [1.807, 2.05) is 12.1 Å². The Morgan fingerprint density at radius 2 is 0.769 bits per heavy atom. The highest BCUT2D eigenvalue weighted by atomic mass is 16.4. The average molecular weight is 334 g/mol. The summed E-state index contributed by atoms with van der Waals surface area (Å²) in [6, 6.07) is 29.2. The van der Waals surface area contributed by atoms with Crippen molar-refractivity contribution in [3.63, 3.8) is 0 Å². The van der Waals surface area contributed by atoms with E-state index < -0.39 is 0 Å². The molecular weight excluding hydrogens is 320 g/mol. The Balaban J connectivity index is 1.56. The van der Waals surface area contributed by atoms with Gasteiger partial charge in [0, 0.05) is 10.8 Å². The van der Waals surface area contributed by atoms with Crippen LogP contribution in [-0.2, 0) is 0 Å². The minimum Gasteiger partial charge on any atom is -0.453 e. The van der Waals surface area contributed by atoms with Crippen LogP contribution in [0.1, 0.15) is 0 Å². The van der Waals surface area contributed by atoms with Crippen LogP contribution in [0, 0.1) is 0 Å². The van der Waals surface area contributed by atoms with E-state index >= 15 is 0 Å². The van der Waals surface area contributed by atoms with E-state index in [-0.39, 0.29) is 0 Å². The third kappa shape index (κ3) is 1.99. The molecule has 122 valence electrons. The Bertz CT molecular complexity index is 1220. The molecule has 0 aliphatic carbocycles. The van der Waals surface area contributed by atoms with E-state index in [1.54, 1.807) is 0 Å². The summed E-state index contributed by atoms with van der Waals surface area (Å²) in [5.74, 6) is 1.52. The molecule has 2 nitrogen and oxygen atoms in total. The van der Waals surface area contributed by atoms with Gasteiger partial charge in [-0.1, -0.05) is 48.5 Å². The summed E-state index contributed by atoms with van der Waals surface area (Å²) in [5, 5.41) is 6.95. The molecule has 0 atom stereocenters. The van der Waals surface area contributed by atoms with E-state index in [0.717, 1.165) is 33.5 Å². The summed E-state index contributed by atoms with van der Waals surface area (Å²) in [5.41, 5.74) is 1.76. The molecule has 0 amide bonds. The number of rotatable bonds is 1. The van der Waals surface area contributed by atoms with Crippen LogP contribution in [0.4, 0.5) is 0 Å². The van der Waals surface area contributed by atoms with Gasteiger partial charge in [0.05, 0.1) is 0 Å². The molecule has 0 aliphatic heterocycles. The molecule has 2 heteroatoms. The fourth-order valence-corrected chi connectivity index (χ4v) is 3.70. The SMILES string of the molecule is c1ccc2cc3oc(-c4cc5cc6ccccc6cc5o4)cc3cc2c1. The highest BCUT2D eigenvalue weighted by molar-refractivity contribution is 5.99. The first-order valence-corrected chi connectivity index (χ1v) is 8.69. The van der Waals surface area contributed by atoms with E-state index in [9.17, 15) is 0 Å². The lowest BCUT2D eigenvalue weighted by Crippen LogP contribution is -1.70. The summed E-state index contributed by atoms with van der Waals surface area (Å²) < 4.78 is 12.2. The molecule has 0 aliphatic rings. The monoisotopic (exact) mass is 334 g/mol. The van der Waals surface area contributed by atoms with Gasteiger partial charge in [0.2, 0.25) is 0 Å². The summed E-state index contributed by atoms with van der Waals surface area (Å²) >= 11 is 0. The second-order valence-electron chi connectivity index (χ2n) is 6.70. The smallest absolute Gasteiger partial charge is 0.170 e. The van der Waals surface area contributed by atoms with Crippen LogP contribution >= 0.6 is 0 Å². The number of hydrogen-bond donors (Lipinski definition) is 0. The Morgan fingerprint density at radius 1 is 0.385 bits per heavy atom. The molecule has 0 fully saturated rings. The molecule has 0 saturated carbocycles. The van der Waals surface area contributed by atoms with Crippen molar-refractivity contribution in [2.24, 2.45) is 0 Å². The second-order valence-corrected chi connectivity index (χ2v) is 6.70. The van der Waals surface area contributed by atoms with Gasteiger partial charge in [-0.05, 0) is 57.9 Å². The fourth-order valence-electron chi connectivity index (χ4n) is 3.70. The zero-order chi connectivity index (χ0) is 17.1. The third-order valence-electron chi connectivity index (χ3n) is 5.01. The van der Waals surface area contributed by atoms with Crippen LogP contribution in [0.15, 0.2) is 93.8 Å². The first kappa shape index (κ1) is 13.7. The van der Waals surface area contributed by atoms with E-state index in [4.69, 9.17) is 8.83 Å². The lowest BCUT2D eigenvalue weighted by molar-refractivity contribution is 0.569. The van der Waals surface area contributed by atoms with Gasteiger partial charge in [0.15, 0.2) is 11.5 Å². The van der Waals surface area contributed by atoms with Gasteiger partial charge in [0.1, 0.15) is 11.2 Å². The van der Waals surface area contributed by atoms with Gasteiger partial charge in [-0.2, -0.15) is 0 Å². The normalized spacial score (nSPS) is 11.8. The van der Waals surface area contributed by atoms with Gasteiger partial charge in [-0.25, -0.2) is 0 Å². The van der Waals surface area contributed by atoms with Crippen molar-refractivity contribution < 1.29 is 8.83 Å². The van der Waals surface area contributed by atoms with Crippen LogP contribution in [0.3, 0.4) is 0 Å². The molecule has 6 aromatic rings. The van der Waals surface area contributed by atoms with Crippen molar-refractivity contribution in [3.8, 4) is 11.5 Å². The van der Waals surface area contributed by atoms with Crippen LogP contribution in [0.25, 0.3) is 55.0 Å². The fraction of sp³-hybridized carbons (Fsp3) is 0. The average Bonchev–Trinajstić information content (AvgIpc) is 3.27. The zero-order valence-electron chi connectivity index (χ0n) is 13.9. The van der Waals surface area contributed by atoms with E-state index in [1.165, 1.54) is 21.5 Å². The summed E-state index contributed by atoms with van der Waals surface area (Å²) in [4.78, 5) is 0. The molecule has 2 heterocycles. The Kier molecular flexibility index (Phi) is 2.64. The Hall–Kier alpha value is -3.52. The molecule has 26 heavy (non-hydrogen) atoms. The number of furan rings is 2. The zero-order valence-corrected chi connectivity index (χ0v) is 13.9. The van der Waals surface area contributed by atoms with Crippen LogP contribution in [0.5, 0.6) is 0 Å². The van der Waals surface area contributed by atoms with E-state index in [2.05, 4.69) is 72.8 Å². The molecule has 0 saturated heterocycles. The first-order valence-electron chi connectivity index (χ1n) is 8.69. The maximum Gasteiger partial charge on any atom is 0.170 e. The van der Waals surface area contributed by atoms with Crippen LogP contribution in [0.2, 0.25) is 0 Å². The Morgan fingerprint density at radius 3 is 1.19 bits per heavy atom. The maximum absolute atomic E-state index is 6.10. The van der Waals surface area contributed by atoms with Crippen molar-refractivity contribution >= 4 is 43.5 Å². The molecule has 6 rings (SSSR count). The molecule has 0 radical (unpaired) electrons. The topological polar surface area (TPSA) is 26.3 Å². The standard InChI is InChI=1S/C24H14O2/c1-3-7-17-11-21-19(9-15(17)5-1)13-23(25-21)24-14-20-10-16-6-2-4-8-18(16)12-22(20)26-24/h1-14H. The van der Waals surface area contributed by atoms with Crippen LogP contribution in [-0.4, -0.2) is 0 Å². The molecule has 2 aromatic heterocycles. The van der Waals surface area contributed by atoms with Gasteiger partial charge in [-0.3, -0.25) is 0 Å². The first-order chi connectivity index (χ1) is 12.8. The molecule has 0 bridgehead atoms. The highest BCUT2D eigenvalue weighted by Gasteiger charge is 2.13. The third-order valence-corrected chi connectivity index (χ3v) is 5.01. The maximum atomic E-state index is 6.10. The molecular formula is C24H14O2. The minimum absolute atomic E-state index is 0.760. The van der Waals surface area contributed by atoms with Gasteiger partial charge in [-0.15, -0.1) is 0 Å². The highest BCUT2D eigenvalue weighted by Crippen LogP contribution is 2.35. The van der Waals surface area contributed by atoms with Crippen molar-refractivity contribution in [2.75, 3.05) is 0 Å².